The summed E-state index contributed by atoms with van der Waals surface area (Å²) in [6.07, 6.45) is 0.162. The lowest BCUT2D eigenvalue weighted by atomic mass is 10.1. The van der Waals surface area contributed by atoms with Crippen LogP contribution in [0.25, 0.3) is 0 Å². The molecule has 0 saturated heterocycles. The first-order valence-electron chi connectivity index (χ1n) is 5.43. The van der Waals surface area contributed by atoms with Crippen LogP contribution in [0, 0.1) is 0 Å². The molecule has 17 heavy (non-hydrogen) atoms. The van der Waals surface area contributed by atoms with Gasteiger partial charge in [0.1, 0.15) is 5.75 Å². The second kappa shape index (κ2) is 4.87. The maximum absolute atomic E-state index is 10.8. The van der Waals surface area contributed by atoms with Crippen molar-refractivity contribution in [2.45, 2.75) is 29.5 Å². The molecule has 4 nitrogen and oxygen atoms in total. The highest BCUT2D eigenvalue weighted by atomic mass is 32.2. The Kier molecular flexibility index (Phi) is 3.47. The lowest BCUT2D eigenvalue weighted by Crippen LogP contribution is -2.33. The number of hydrogen-bond donors (Lipinski definition) is 2. The van der Waals surface area contributed by atoms with Crippen LogP contribution in [0.5, 0.6) is 5.75 Å². The number of thioether (sulfide) groups is 1. The van der Waals surface area contributed by atoms with Crippen LogP contribution >= 0.6 is 11.8 Å². The van der Waals surface area contributed by atoms with E-state index in [0.29, 0.717) is 0 Å². The summed E-state index contributed by atoms with van der Waals surface area (Å²) in [5, 5.41) is 12.2. The number of ether oxygens (including phenoxy) is 1. The van der Waals surface area contributed by atoms with Crippen LogP contribution in [0.2, 0.25) is 0 Å². The molecule has 1 aromatic carbocycles. The van der Waals surface area contributed by atoms with Crippen LogP contribution < -0.4 is 10.1 Å². The average molecular weight is 253 g/mol. The number of nitrogens with one attached hydrogen (secondary N) is 1. The Bertz CT molecular complexity index is 436. The second-order valence-corrected chi connectivity index (χ2v) is 5.33. The van der Waals surface area contributed by atoms with E-state index in [9.17, 15) is 4.79 Å². The van der Waals surface area contributed by atoms with Crippen LogP contribution in [0.4, 0.5) is 5.69 Å². The second-order valence-electron chi connectivity index (χ2n) is 4.05. The molecule has 1 aliphatic heterocycles. The minimum Gasteiger partial charge on any atom is -0.497 e. The zero-order chi connectivity index (χ0) is 12.4. The van der Waals surface area contributed by atoms with Crippen LogP contribution in [-0.4, -0.2) is 29.5 Å². The Morgan fingerprint density at radius 3 is 3.00 bits per heavy atom. The molecule has 0 fully saturated rings. The number of hydrogen-bond acceptors (Lipinski definition) is 4. The Morgan fingerprint density at radius 1 is 1.59 bits per heavy atom. The number of benzene rings is 1. The zero-order valence-corrected chi connectivity index (χ0v) is 10.6. The minimum atomic E-state index is -0.762. The summed E-state index contributed by atoms with van der Waals surface area (Å²) < 4.78 is 5.17. The fraction of sp³-hybridized carbons (Fsp3) is 0.417. The summed E-state index contributed by atoms with van der Waals surface area (Å²) in [5.41, 5.74) is 1.05. The van der Waals surface area contributed by atoms with E-state index in [-0.39, 0.29) is 17.7 Å². The number of anilines is 1. The molecule has 2 N–H and O–H groups in total. The summed E-state index contributed by atoms with van der Waals surface area (Å²) in [6, 6.07) is 5.95. The van der Waals surface area contributed by atoms with Crippen LogP contribution in [-0.2, 0) is 4.79 Å². The maximum Gasteiger partial charge on any atom is 0.304 e. The van der Waals surface area contributed by atoms with Crippen molar-refractivity contribution in [3.8, 4) is 5.75 Å². The summed E-state index contributed by atoms with van der Waals surface area (Å²) in [7, 11) is 1.63. The molecule has 0 aromatic heterocycles. The largest absolute Gasteiger partial charge is 0.497 e. The van der Waals surface area contributed by atoms with Gasteiger partial charge in [-0.3, -0.25) is 4.79 Å². The molecule has 1 heterocycles. The van der Waals surface area contributed by atoms with Gasteiger partial charge in [0.15, 0.2) is 0 Å². The van der Waals surface area contributed by atoms with Gasteiger partial charge in [-0.1, -0.05) is 0 Å². The molecule has 1 aromatic rings. The van der Waals surface area contributed by atoms with E-state index in [1.807, 2.05) is 25.1 Å². The highest BCUT2D eigenvalue weighted by Crippen LogP contribution is 2.40. The van der Waals surface area contributed by atoms with Gasteiger partial charge in [0.05, 0.1) is 13.5 Å². The van der Waals surface area contributed by atoms with Gasteiger partial charge < -0.3 is 15.2 Å². The van der Waals surface area contributed by atoms with Gasteiger partial charge in [0.25, 0.3) is 0 Å². The van der Waals surface area contributed by atoms with E-state index in [0.717, 1.165) is 16.3 Å². The van der Waals surface area contributed by atoms with Crippen LogP contribution in [0.15, 0.2) is 23.1 Å². The lowest BCUT2D eigenvalue weighted by molar-refractivity contribution is -0.137. The normalized spacial score (nSPS) is 22.5. The standard InChI is InChI=1S/C12H15NO3S/c1-7-10(6-12(14)15)17-11-5-8(16-2)3-4-9(11)13-7/h3-5,7,10,13H,6H2,1-2H3,(H,14,15). The number of carbonyl (C=O) groups is 1. The third-order valence-corrected chi connectivity index (χ3v) is 4.25. The molecule has 0 aliphatic carbocycles. The van der Waals surface area contributed by atoms with Crippen LogP contribution in [0.3, 0.4) is 0 Å². The molecule has 92 valence electrons. The van der Waals surface area contributed by atoms with Crippen molar-refractivity contribution in [1.29, 1.82) is 0 Å². The molecule has 0 spiro atoms. The number of carboxylic acids is 1. The number of fused-ring (bicyclic) bond motifs is 1. The van der Waals surface area contributed by atoms with Gasteiger partial charge in [-0.2, -0.15) is 0 Å². The Morgan fingerprint density at radius 2 is 2.35 bits per heavy atom. The smallest absolute Gasteiger partial charge is 0.304 e. The first-order valence-corrected chi connectivity index (χ1v) is 6.31. The molecule has 0 radical (unpaired) electrons. The van der Waals surface area contributed by atoms with Gasteiger partial charge in [0, 0.05) is 21.9 Å². The fourth-order valence-corrected chi connectivity index (χ4v) is 3.10. The van der Waals surface area contributed by atoms with Crippen molar-refractivity contribution in [3.63, 3.8) is 0 Å². The minimum absolute atomic E-state index is 0.0482. The number of carboxylic acid groups (broad SMARTS) is 1. The molecular weight excluding hydrogens is 238 g/mol. The quantitative estimate of drug-likeness (QED) is 0.866. The van der Waals surface area contributed by atoms with Crippen molar-refractivity contribution < 1.29 is 14.6 Å². The zero-order valence-electron chi connectivity index (χ0n) is 9.77. The van der Waals surface area contributed by atoms with Crippen molar-refractivity contribution in [2.75, 3.05) is 12.4 Å². The molecule has 0 bridgehead atoms. The number of aliphatic carboxylic acids is 1. The number of rotatable bonds is 3. The van der Waals surface area contributed by atoms with Gasteiger partial charge in [-0.15, -0.1) is 11.8 Å². The molecule has 2 rings (SSSR count). The third kappa shape index (κ3) is 2.66. The SMILES string of the molecule is COc1ccc2c(c1)SC(CC(=O)O)C(C)N2. The van der Waals surface area contributed by atoms with E-state index in [1.54, 1.807) is 18.9 Å². The summed E-state index contributed by atoms with van der Waals surface area (Å²) in [5.74, 6) is 0.0316. The highest BCUT2D eigenvalue weighted by molar-refractivity contribution is 8.00. The van der Waals surface area contributed by atoms with E-state index >= 15 is 0 Å². The van der Waals surface area contributed by atoms with E-state index < -0.39 is 5.97 Å². The number of methoxy groups -OCH3 is 1. The van der Waals surface area contributed by atoms with Gasteiger partial charge in [-0.05, 0) is 25.1 Å². The fourth-order valence-electron chi connectivity index (χ4n) is 1.84. The summed E-state index contributed by atoms with van der Waals surface area (Å²) >= 11 is 1.60. The van der Waals surface area contributed by atoms with Gasteiger partial charge in [0.2, 0.25) is 0 Å². The summed E-state index contributed by atoms with van der Waals surface area (Å²) in [4.78, 5) is 11.8. The Labute approximate surface area is 104 Å². The maximum atomic E-state index is 10.8. The molecule has 1 aliphatic rings. The molecule has 2 unspecified atom stereocenters. The van der Waals surface area contributed by atoms with Gasteiger partial charge >= 0.3 is 5.97 Å². The lowest BCUT2D eigenvalue weighted by Gasteiger charge is -2.31. The molecule has 2 atom stereocenters. The Balaban J connectivity index is 2.22. The molecule has 0 saturated carbocycles. The first kappa shape index (κ1) is 12.1. The van der Waals surface area contributed by atoms with Crippen molar-refractivity contribution in [1.82, 2.24) is 0 Å². The van der Waals surface area contributed by atoms with Crippen molar-refractivity contribution >= 4 is 23.4 Å². The van der Waals surface area contributed by atoms with E-state index in [4.69, 9.17) is 9.84 Å². The van der Waals surface area contributed by atoms with Gasteiger partial charge in [-0.25, -0.2) is 0 Å². The summed E-state index contributed by atoms with van der Waals surface area (Å²) in [6.45, 7) is 2.01. The predicted molar refractivity (Wildman–Crippen MR) is 68.0 cm³/mol. The topological polar surface area (TPSA) is 58.6 Å². The average Bonchev–Trinajstić information content (AvgIpc) is 2.29. The third-order valence-electron chi connectivity index (χ3n) is 2.78. The first-order chi connectivity index (χ1) is 8.10. The highest BCUT2D eigenvalue weighted by Gasteiger charge is 2.27. The van der Waals surface area contributed by atoms with E-state index in [2.05, 4.69) is 5.32 Å². The molecular formula is C12H15NO3S. The molecule has 5 heteroatoms. The van der Waals surface area contributed by atoms with Crippen LogP contribution in [0.1, 0.15) is 13.3 Å². The van der Waals surface area contributed by atoms with Crippen molar-refractivity contribution in [2.24, 2.45) is 0 Å². The molecule has 0 amide bonds. The van der Waals surface area contributed by atoms with Crippen molar-refractivity contribution in [3.05, 3.63) is 18.2 Å². The monoisotopic (exact) mass is 253 g/mol. The predicted octanol–water partition coefficient (Wildman–Crippen LogP) is 2.44. The Hall–Kier alpha value is -1.36. The van der Waals surface area contributed by atoms with E-state index in [1.165, 1.54) is 0 Å².